The number of aliphatic imine (C=N–C) groups is 1. The number of nitrogens with zero attached hydrogens (tertiary/aromatic N) is 2. The van der Waals surface area contributed by atoms with Gasteiger partial charge in [-0.25, -0.2) is 18.6 Å². The number of anilines is 1. The molecule has 0 unspecified atom stereocenters. The van der Waals surface area contributed by atoms with Gasteiger partial charge in [-0.2, -0.15) is 0 Å². The molecular weight excluding hydrogens is 302 g/mol. The highest BCUT2D eigenvalue weighted by molar-refractivity contribution is 6.29. The fraction of sp³-hybridized carbons (Fsp3) is 0.154. The lowest BCUT2D eigenvalue weighted by molar-refractivity contribution is 0.146. The molecular formula is C13H13ClF2N4O. The summed E-state index contributed by atoms with van der Waals surface area (Å²) in [6.07, 6.45) is 1.30. The van der Waals surface area contributed by atoms with Crippen molar-refractivity contribution in [3.63, 3.8) is 0 Å². The molecule has 0 saturated carbocycles. The minimum absolute atomic E-state index is 0.145. The van der Waals surface area contributed by atoms with E-state index in [1.54, 1.807) is 6.92 Å². The third-order valence-electron chi connectivity index (χ3n) is 2.08. The fourth-order valence-electron chi connectivity index (χ4n) is 1.29. The van der Waals surface area contributed by atoms with Crippen LogP contribution in [0.1, 0.15) is 19.0 Å². The smallest absolute Gasteiger partial charge is 0.308 e. The molecule has 5 nitrogen and oxygen atoms in total. The van der Waals surface area contributed by atoms with Crippen LogP contribution in [0.4, 0.5) is 19.3 Å². The minimum atomic E-state index is -2.71. The Balaban J connectivity index is 2.64. The predicted octanol–water partition coefficient (Wildman–Crippen LogP) is 3.83. The van der Waals surface area contributed by atoms with Crippen LogP contribution in [0.15, 0.2) is 46.8 Å². The number of nitrogens with one attached hydrogen (secondary N) is 2. The number of carbonyl (C=O) groups excluding carboxylic acids is 1. The zero-order valence-corrected chi connectivity index (χ0v) is 11.9. The second kappa shape index (κ2) is 8.11. The first kappa shape index (κ1) is 16.8. The lowest BCUT2D eigenvalue weighted by Crippen LogP contribution is -2.27. The van der Waals surface area contributed by atoms with Crippen molar-refractivity contribution < 1.29 is 13.6 Å². The van der Waals surface area contributed by atoms with Crippen LogP contribution in [0.5, 0.6) is 0 Å². The SMILES string of the molecule is C=C(/C=C(/Cl)N=CC)NC(=O)Nc1ccnc(C(F)F)c1. The molecule has 2 amide bonds. The Morgan fingerprint density at radius 3 is 2.90 bits per heavy atom. The van der Waals surface area contributed by atoms with Crippen LogP contribution in [0, 0.1) is 0 Å². The van der Waals surface area contributed by atoms with Gasteiger partial charge < -0.3 is 10.6 Å². The molecule has 0 radical (unpaired) electrons. The van der Waals surface area contributed by atoms with Crippen LogP contribution >= 0.6 is 11.6 Å². The molecule has 0 saturated heterocycles. The zero-order chi connectivity index (χ0) is 15.8. The average molecular weight is 315 g/mol. The molecule has 0 bridgehead atoms. The standard InChI is InChI=1S/C13H13ClF2N4O/c1-3-17-11(14)6-8(2)19-13(21)20-9-4-5-18-10(7-9)12(15)16/h3-7,12H,2H2,1H3,(H2,18,19,20,21)/b11-6-,17-3?. The van der Waals surface area contributed by atoms with Gasteiger partial charge in [-0.3, -0.25) is 4.98 Å². The number of halogens is 3. The van der Waals surface area contributed by atoms with E-state index in [1.165, 1.54) is 24.6 Å². The number of pyridine rings is 1. The normalized spacial score (nSPS) is 11.8. The second-order valence-corrected chi connectivity index (χ2v) is 4.12. The van der Waals surface area contributed by atoms with Crippen molar-refractivity contribution in [1.29, 1.82) is 0 Å². The van der Waals surface area contributed by atoms with E-state index in [4.69, 9.17) is 11.6 Å². The van der Waals surface area contributed by atoms with Crippen molar-refractivity contribution in [2.75, 3.05) is 5.32 Å². The van der Waals surface area contributed by atoms with Gasteiger partial charge in [-0.15, -0.1) is 0 Å². The molecule has 1 heterocycles. The maximum atomic E-state index is 12.5. The lowest BCUT2D eigenvalue weighted by Gasteiger charge is -2.08. The van der Waals surface area contributed by atoms with E-state index >= 15 is 0 Å². The van der Waals surface area contributed by atoms with E-state index in [1.807, 2.05) is 0 Å². The number of aromatic nitrogens is 1. The third-order valence-corrected chi connectivity index (χ3v) is 2.29. The Kier molecular flexibility index (Phi) is 6.48. The van der Waals surface area contributed by atoms with Crippen molar-refractivity contribution in [3.8, 4) is 0 Å². The highest BCUT2D eigenvalue weighted by atomic mass is 35.5. The van der Waals surface area contributed by atoms with Crippen molar-refractivity contribution in [1.82, 2.24) is 10.3 Å². The summed E-state index contributed by atoms with van der Waals surface area (Å²) in [5.74, 6) is 0. The Morgan fingerprint density at radius 2 is 2.29 bits per heavy atom. The van der Waals surface area contributed by atoms with Gasteiger partial charge in [-0.05, 0) is 25.1 Å². The Hall–Kier alpha value is -2.28. The molecule has 0 aliphatic rings. The number of amides is 2. The van der Waals surface area contributed by atoms with Gasteiger partial charge in [-0.1, -0.05) is 18.2 Å². The molecule has 8 heteroatoms. The molecule has 112 valence electrons. The van der Waals surface area contributed by atoms with Crippen LogP contribution in [-0.2, 0) is 0 Å². The van der Waals surface area contributed by atoms with E-state index < -0.39 is 18.2 Å². The summed E-state index contributed by atoms with van der Waals surface area (Å²) < 4.78 is 24.9. The highest BCUT2D eigenvalue weighted by Crippen LogP contribution is 2.19. The molecule has 1 aromatic heterocycles. The van der Waals surface area contributed by atoms with Crippen molar-refractivity contribution in [3.05, 3.63) is 47.5 Å². The summed E-state index contributed by atoms with van der Waals surface area (Å²) in [5, 5.41) is 4.90. The quantitative estimate of drug-likeness (QED) is 0.493. The summed E-state index contributed by atoms with van der Waals surface area (Å²) in [4.78, 5) is 18.9. The van der Waals surface area contributed by atoms with Gasteiger partial charge in [0.1, 0.15) is 10.9 Å². The molecule has 0 spiro atoms. The van der Waals surface area contributed by atoms with Crippen LogP contribution in [0.3, 0.4) is 0 Å². The summed E-state index contributed by atoms with van der Waals surface area (Å²) >= 11 is 5.71. The molecule has 2 N–H and O–H groups in total. The first-order valence-electron chi connectivity index (χ1n) is 5.79. The minimum Gasteiger partial charge on any atom is -0.308 e. The molecule has 0 aromatic carbocycles. The third kappa shape index (κ3) is 6.13. The van der Waals surface area contributed by atoms with Gasteiger partial charge in [0.15, 0.2) is 0 Å². The van der Waals surface area contributed by atoms with Crippen LogP contribution in [0.25, 0.3) is 0 Å². The van der Waals surface area contributed by atoms with E-state index in [-0.39, 0.29) is 16.5 Å². The predicted molar refractivity (Wildman–Crippen MR) is 78.6 cm³/mol. The van der Waals surface area contributed by atoms with E-state index in [2.05, 4.69) is 27.2 Å². The number of rotatable bonds is 5. The Morgan fingerprint density at radius 1 is 1.57 bits per heavy atom. The Bertz CT molecular complexity index is 587. The van der Waals surface area contributed by atoms with Gasteiger partial charge >= 0.3 is 6.03 Å². The number of carbonyl (C=O) groups is 1. The fourth-order valence-corrected chi connectivity index (χ4v) is 1.52. The van der Waals surface area contributed by atoms with Gasteiger partial charge in [0.25, 0.3) is 6.43 Å². The molecule has 0 aliphatic heterocycles. The number of hydrogen-bond acceptors (Lipinski definition) is 3. The van der Waals surface area contributed by atoms with Crippen LogP contribution in [0.2, 0.25) is 0 Å². The lowest BCUT2D eigenvalue weighted by atomic mass is 10.3. The summed E-state index contributed by atoms with van der Waals surface area (Å²) in [6, 6.07) is 1.82. The second-order valence-electron chi connectivity index (χ2n) is 3.73. The van der Waals surface area contributed by atoms with E-state index in [0.29, 0.717) is 0 Å². The average Bonchev–Trinajstić information content (AvgIpc) is 2.38. The largest absolute Gasteiger partial charge is 0.323 e. The number of hydrogen-bond donors (Lipinski definition) is 2. The molecule has 0 atom stereocenters. The van der Waals surface area contributed by atoms with Crippen LogP contribution < -0.4 is 10.6 Å². The topological polar surface area (TPSA) is 66.4 Å². The number of urea groups is 1. The van der Waals surface area contributed by atoms with Gasteiger partial charge in [0, 0.05) is 23.8 Å². The first-order chi connectivity index (χ1) is 9.92. The monoisotopic (exact) mass is 314 g/mol. The maximum Gasteiger partial charge on any atom is 0.323 e. The van der Waals surface area contributed by atoms with E-state index in [0.717, 1.165) is 6.07 Å². The van der Waals surface area contributed by atoms with Gasteiger partial charge in [0.05, 0.1) is 0 Å². The summed E-state index contributed by atoms with van der Waals surface area (Å²) in [7, 11) is 0. The molecule has 21 heavy (non-hydrogen) atoms. The number of alkyl halides is 2. The van der Waals surface area contributed by atoms with Crippen molar-refractivity contribution in [2.45, 2.75) is 13.3 Å². The van der Waals surface area contributed by atoms with Crippen LogP contribution in [-0.4, -0.2) is 17.2 Å². The highest BCUT2D eigenvalue weighted by Gasteiger charge is 2.10. The molecule has 1 rings (SSSR count). The summed E-state index contributed by atoms with van der Waals surface area (Å²) in [5.41, 5.74) is -0.0367. The zero-order valence-electron chi connectivity index (χ0n) is 11.1. The van der Waals surface area contributed by atoms with Gasteiger partial charge in [0.2, 0.25) is 0 Å². The molecule has 0 fully saturated rings. The maximum absolute atomic E-state index is 12.5. The van der Waals surface area contributed by atoms with Crippen molar-refractivity contribution >= 4 is 29.5 Å². The Labute approximate surface area is 125 Å². The van der Waals surface area contributed by atoms with E-state index in [9.17, 15) is 13.6 Å². The molecule has 1 aromatic rings. The molecule has 0 aliphatic carbocycles. The summed E-state index contributed by atoms with van der Waals surface area (Å²) in [6.45, 7) is 5.25. The van der Waals surface area contributed by atoms with Crippen molar-refractivity contribution in [2.24, 2.45) is 4.99 Å². The number of allylic oxidation sites excluding steroid dienone is 1. The first-order valence-corrected chi connectivity index (χ1v) is 6.17.